The molecule has 0 amide bonds. The van der Waals surface area contributed by atoms with Crippen LogP contribution in [-0.4, -0.2) is 39.7 Å². The van der Waals surface area contributed by atoms with Crippen molar-refractivity contribution in [2.75, 3.05) is 37.0 Å². The number of rotatable bonds is 8. The molecule has 1 aromatic carbocycles. The summed E-state index contributed by atoms with van der Waals surface area (Å²) in [6, 6.07) is 7.44. The van der Waals surface area contributed by atoms with Gasteiger partial charge in [-0.3, -0.25) is 0 Å². The normalized spacial score (nSPS) is 19.0. The van der Waals surface area contributed by atoms with Gasteiger partial charge in [0.15, 0.2) is 0 Å². The first-order valence-electron chi connectivity index (χ1n) is 7.08. The summed E-state index contributed by atoms with van der Waals surface area (Å²) >= 11 is 1.52. The Morgan fingerprint density at radius 2 is 2.10 bits per heavy atom. The molecule has 1 atom stereocenters. The molecule has 7 heteroatoms. The lowest BCUT2D eigenvalue weighted by Crippen LogP contribution is -2.29. The van der Waals surface area contributed by atoms with Crippen molar-refractivity contribution in [1.82, 2.24) is 4.72 Å². The Bertz CT molecular complexity index is 526. The number of nitrogens with two attached hydrogens (primary N) is 1. The third kappa shape index (κ3) is 6.25. The van der Waals surface area contributed by atoms with Crippen LogP contribution >= 0.6 is 11.8 Å². The standard InChI is InChI=1S/C14H22N2O3S2/c15-13-1-3-14(4-2-13)20-9-10-21(17,18)16-7-5-12-6-8-19-11-12/h1-4,12,16H,5-11,15H2. The van der Waals surface area contributed by atoms with Crippen LogP contribution < -0.4 is 10.5 Å². The average Bonchev–Trinajstić information content (AvgIpc) is 2.94. The topological polar surface area (TPSA) is 81.4 Å². The Labute approximate surface area is 130 Å². The molecule has 0 aromatic heterocycles. The molecule has 118 valence electrons. The summed E-state index contributed by atoms with van der Waals surface area (Å²) in [5.41, 5.74) is 6.32. The van der Waals surface area contributed by atoms with Crippen LogP contribution in [0.3, 0.4) is 0 Å². The van der Waals surface area contributed by atoms with Crippen LogP contribution in [0.15, 0.2) is 29.2 Å². The fourth-order valence-electron chi connectivity index (χ4n) is 2.14. The number of thioether (sulfide) groups is 1. The fraction of sp³-hybridized carbons (Fsp3) is 0.571. The lowest BCUT2D eigenvalue weighted by atomic mass is 10.1. The Hall–Kier alpha value is -0.760. The van der Waals surface area contributed by atoms with Gasteiger partial charge in [-0.15, -0.1) is 11.8 Å². The van der Waals surface area contributed by atoms with Crippen LogP contribution in [0.25, 0.3) is 0 Å². The molecule has 1 unspecified atom stereocenters. The SMILES string of the molecule is Nc1ccc(SCCS(=O)(=O)NCCC2CCOC2)cc1. The second kappa shape index (κ2) is 8.03. The highest BCUT2D eigenvalue weighted by atomic mass is 32.2. The molecule has 1 aliphatic rings. The molecule has 1 heterocycles. The van der Waals surface area contributed by atoms with Crippen molar-refractivity contribution >= 4 is 27.5 Å². The Morgan fingerprint density at radius 3 is 2.76 bits per heavy atom. The van der Waals surface area contributed by atoms with E-state index in [1.54, 1.807) is 0 Å². The molecule has 1 aliphatic heterocycles. The number of ether oxygens (including phenoxy) is 1. The number of hydrogen-bond acceptors (Lipinski definition) is 5. The third-order valence-electron chi connectivity index (χ3n) is 3.40. The van der Waals surface area contributed by atoms with Gasteiger partial charge in [-0.1, -0.05) is 0 Å². The summed E-state index contributed by atoms with van der Waals surface area (Å²) < 4.78 is 31.7. The zero-order chi connectivity index (χ0) is 15.1. The average molecular weight is 330 g/mol. The number of nitrogen functional groups attached to an aromatic ring is 1. The predicted octanol–water partition coefficient (Wildman–Crippen LogP) is 1.71. The maximum atomic E-state index is 11.9. The Balaban J connectivity index is 1.64. The van der Waals surface area contributed by atoms with Crippen LogP contribution in [0.5, 0.6) is 0 Å². The number of nitrogens with one attached hydrogen (secondary N) is 1. The highest BCUT2D eigenvalue weighted by Gasteiger charge is 2.16. The van der Waals surface area contributed by atoms with Gasteiger partial charge in [0.25, 0.3) is 0 Å². The first-order chi connectivity index (χ1) is 10.1. The molecule has 0 aliphatic carbocycles. The molecule has 2 rings (SSSR count). The summed E-state index contributed by atoms with van der Waals surface area (Å²) in [5, 5.41) is 0. The second-order valence-electron chi connectivity index (χ2n) is 5.15. The molecule has 0 saturated carbocycles. The van der Waals surface area contributed by atoms with Gasteiger partial charge >= 0.3 is 0 Å². The van der Waals surface area contributed by atoms with E-state index in [2.05, 4.69) is 4.72 Å². The largest absolute Gasteiger partial charge is 0.399 e. The van der Waals surface area contributed by atoms with Gasteiger partial charge in [-0.05, 0) is 43.0 Å². The number of benzene rings is 1. The van der Waals surface area contributed by atoms with E-state index in [1.807, 2.05) is 24.3 Å². The first kappa shape index (κ1) is 16.6. The summed E-state index contributed by atoms with van der Waals surface area (Å²) in [5.74, 6) is 1.16. The summed E-state index contributed by atoms with van der Waals surface area (Å²) in [4.78, 5) is 1.03. The van der Waals surface area contributed by atoms with Gasteiger partial charge in [-0.25, -0.2) is 13.1 Å². The van der Waals surface area contributed by atoms with Gasteiger partial charge in [0.05, 0.1) is 5.75 Å². The highest BCUT2D eigenvalue weighted by molar-refractivity contribution is 8.00. The van der Waals surface area contributed by atoms with E-state index in [-0.39, 0.29) is 5.75 Å². The maximum absolute atomic E-state index is 11.9. The molecule has 0 radical (unpaired) electrons. The molecule has 0 spiro atoms. The van der Waals surface area contributed by atoms with Crippen LogP contribution in [0.1, 0.15) is 12.8 Å². The zero-order valence-electron chi connectivity index (χ0n) is 12.0. The van der Waals surface area contributed by atoms with Gasteiger partial charge in [0.1, 0.15) is 0 Å². The van der Waals surface area contributed by atoms with Crippen LogP contribution in [0.2, 0.25) is 0 Å². The Kier molecular flexibility index (Phi) is 6.35. The molecule has 1 aromatic rings. The van der Waals surface area contributed by atoms with E-state index in [0.717, 1.165) is 31.0 Å². The van der Waals surface area contributed by atoms with E-state index in [4.69, 9.17) is 10.5 Å². The molecule has 1 fully saturated rings. The molecular formula is C14H22N2O3S2. The molecule has 21 heavy (non-hydrogen) atoms. The van der Waals surface area contributed by atoms with Crippen molar-refractivity contribution in [2.45, 2.75) is 17.7 Å². The summed E-state index contributed by atoms with van der Waals surface area (Å²) in [7, 11) is -3.19. The van der Waals surface area contributed by atoms with Gasteiger partial charge < -0.3 is 10.5 Å². The number of hydrogen-bond donors (Lipinski definition) is 2. The zero-order valence-corrected chi connectivity index (χ0v) is 13.6. The van der Waals surface area contributed by atoms with E-state index in [0.29, 0.717) is 23.9 Å². The van der Waals surface area contributed by atoms with Gasteiger partial charge in [-0.2, -0.15) is 0 Å². The lowest BCUT2D eigenvalue weighted by Gasteiger charge is -2.09. The van der Waals surface area contributed by atoms with Crippen molar-refractivity contribution in [2.24, 2.45) is 5.92 Å². The smallest absolute Gasteiger partial charge is 0.212 e. The van der Waals surface area contributed by atoms with E-state index in [9.17, 15) is 8.42 Å². The Morgan fingerprint density at radius 1 is 1.33 bits per heavy atom. The monoisotopic (exact) mass is 330 g/mol. The molecule has 0 bridgehead atoms. The molecule has 3 N–H and O–H groups in total. The quantitative estimate of drug-likeness (QED) is 0.560. The molecule has 5 nitrogen and oxygen atoms in total. The van der Waals surface area contributed by atoms with Crippen molar-refractivity contribution < 1.29 is 13.2 Å². The van der Waals surface area contributed by atoms with Crippen LogP contribution in [0.4, 0.5) is 5.69 Å². The minimum absolute atomic E-state index is 0.128. The second-order valence-corrected chi connectivity index (χ2v) is 8.24. The van der Waals surface area contributed by atoms with Crippen LogP contribution in [0, 0.1) is 5.92 Å². The van der Waals surface area contributed by atoms with E-state index in [1.165, 1.54) is 11.8 Å². The van der Waals surface area contributed by atoms with Gasteiger partial charge in [0.2, 0.25) is 10.0 Å². The van der Waals surface area contributed by atoms with Crippen molar-refractivity contribution in [3.63, 3.8) is 0 Å². The first-order valence-corrected chi connectivity index (χ1v) is 9.72. The predicted molar refractivity (Wildman–Crippen MR) is 86.9 cm³/mol. The molecule has 1 saturated heterocycles. The van der Waals surface area contributed by atoms with E-state index >= 15 is 0 Å². The van der Waals surface area contributed by atoms with E-state index < -0.39 is 10.0 Å². The maximum Gasteiger partial charge on any atom is 0.212 e. The fourth-order valence-corrected chi connectivity index (χ4v) is 4.48. The number of sulfonamides is 1. The van der Waals surface area contributed by atoms with Crippen molar-refractivity contribution in [3.05, 3.63) is 24.3 Å². The summed E-state index contributed by atoms with van der Waals surface area (Å²) in [6.45, 7) is 2.06. The minimum Gasteiger partial charge on any atom is -0.399 e. The van der Waals surface area contributed by atoms with Crippen LogP contribution in [-0.2, 0) is 14.8 Å². The lowest BCUT2D eigenvalue weighted by molar-refractivity contribution is 0.184. The van der Waals surface area contributed by atoms with Gasteiger partial charge in [0, 0.05) is 36.1 Å². The van der Waals surface area contributed by atoms with Crippen molar-refractivity contribution in [1.29, 1.82) is 0 Å². The minimum atomic E-state index is -3.19. The summed E-state index contributed by atoms with van der Waals surface area (Å²) in [6.07, 6.45) is 1.89. The third-order valence-corrected chi connectivity index (χ3v) is 6.06. The highest BCUT2D eigenvalue weighted by Crippen LogP contribution is 2.19. The molecular weight excluding hydrogens is 308 g/mol. The van der Waals surface area contributed by atoms with Crippen molar-refractivity contribution in [3.8, 4) is 0 Å². The number of anilines is 1.